The number of oxime groups is 1. The van der Waals surface area contributed by atoms with Crippen LogP contribution < -0.4 is 5.32 Å². The lowest BCUT2D eigenvalue weighted by Gasteiger charge is -2.35. The zero-order valence-electron chi connectivity index (χ0n) is 18.1. The fraction of sp³-hybridized carbons (Fsp3) is 0.304. The molecule has 0 saturated carbocycles. The molecule has 5 rings (SSSR count). The molecule has 0 aliphatic carbocycles. The summed E-state index contributed by atoms with van der Waals surface area (Å²) in [6.07, 6.45) is 0.591. The minimum Gasteiger partial charge on any atom is -0.392 e. The second-order valence-corrected chi connectivity index (χ2v) is 12.2. The largest absolute Gasteiger partial charge is 0.414 e. The van der Waals surface area contributed by atoms with Gasteiger partial charge in [0.05, 0.1) is 10.8 Å². The number of rotatable bonds is 4. The fourth-order valence-corrected chi connectivity index (χ4v) is 7.34. The van der Waals surface area contributed by atoms with E-state index in [1.54, 1.807) is 6.07 Å². The van der Waals surface area contributed by atoms with Crippen LogP contribution in [0.25, 0.3) is 10.8 Å². The number of hydrogen-bond acceptors (Lipinski definition) is 7. The van der Waals surface area contributed by atoms with Gasteiger partial charge in [0.1, 0.15) is 9.81 Å². The van der Waals surface area contributed by atoms with Crippen molar-refractivity contribution in [3.05, 3.63) is 64.5 Å². The number of nitrogens with zero attached hydrogens (tertiary/aromatic N) is 2. The minimum absolute atomic E-state index is 0.191. The molecule has 2 aromatic carbocycles. The molecule has 1 aromatic heterocycles. The zero-order valence-corrected chi connectivity index (χ0v) is 20.5. The topological polar surface area (TPSA) is 97.3 Å². The van der Waals surface area contributed by atoms with Gasteiger partial charge in [-0.1, -0.05) is 59.2 Å². The first-order valence-electron chi connectivity index (χ1n) is 10.8. The van der Waals surface area contributed by atoms with E-state index in [2.05, 4.69) is 10.5 Å². The Kier molecular flexibility index (Phi) is 6.24. The predicted molar refractivity (Wildman–Crippen MR) is 130 cm³/mol. The molecular weight excluding hydrogens is 498 g/mol. The molecule has 2 aliphatic heterocycles. The number of carbonyl (C=O) groups is 1. The van der Waals surface area contributed by atoms with E-state index >= 15 is 0 Å². The zero-order chi connectivity index (χ0) is 23.8. The van der Waals surface area contributed by atoms with Crippen molar-refractivity contribution in [1.29, 1.82) is 0 Å². The molecule has 1 spiro atoms. The number of fused-ring (bicyclic) bond motifs is 1. The Morgan fingerprint density at radius 3 is 2.68 bits per heavy atom. The van der Waals surface area contributed by atoms with Crippen molar-refractivity contribution >= 4 is 55.7 Å². The molecule has 0 unspecified atom stereocenters. The number of thiophene rings is 1. The number of alkyl carbamates (subject to hydrolysis) is 1. The molecule has 0 radical (unpaired) electrons. The average molecular weight is 520 g/mol. The van der Waals surface area contributed by atoms with Crippen molar-refractivity contribution in [2.75, 3.05) is 13.1 Å². The monoisotopic (exact) mass is 519 g/mol. The number of amides is 1. The number of benzene rings is 2. The lowest BCUT2D eigenvalue weighted by atomic mass is 9.89. The van der Waals surface area contributed by atoms with E-state index in [1.807, 2.05) is 42.5 Å². The first-order chi connectivity index (χ1) is 16.3. The SMILES string of the molecule is O=C(NCc1cccc2ccccc12)OC1=NOC2(CCN(S(=O)(=O)c3ccc(Cl)s3)CC2)C1. The van der Waals surface area contributed by atoms with Crippen molar-refractivity contribution in [2.45, 2.75) is 35.6 Å². The lowest BCUT2D eigenvalue weighted by molar-refractivity contribution is -0.0506. The highest BCUT2D eigenvalue weighted by Crippen LogP contribution is 2.37. The minimum atomic E-state index is -3.59. The summed E-state index contributed by atoms with van der Waals surface area (Å²) in [4.78, 5) is 18.0. The molecule has 1 fully saturated rings. The third-order valence-electron chi connectivity index (χ3n) is 6.10. The molecule has 1 amide bonds. The van der Waals surface area contributed by atoms with Gasteiger partial charge in [0.15, 0.2) is 0 Å². The van der Waals surface area contributed by atoms with Crippen LogP contribution in [-0.2, 0) is 26.1 Å². The van der Waals surface area contributed by atoms with Crippen LogP contribution >= 0.6 is 22.9 Å². The van der Waals surface area contributed by atoms with Crippen molar-refractivity contribution in [1.82, 2.24) is 9.62 Å². The maximum atomic E-state index is 12.8. The molecule has 11 heteroatoms. The van der Waals surface area contributed by atoms with Crippen molar-refractivity contribution in [2.24, 2.45) is 5.16 Å². The van der Waals surface area contributed by atoms with Crippen molar-refractivity contribution in [3.63, 3.8) is 0 Å². The smallest absolute Gasteiger partial charge is 0.392 e. The Morgan fingerprint density at radius 2 is 1.91 bits per heavy atom. The van der Waals surface area contributed by atoms with E-state index in [0.717, 1.165) is 27.7 Å². The van der Waals surface area contributed by atoms with Crippen molar-refractivity contribution in [3.8, 4) is 0 Å². The molecule has 178 valence electrons. The van der Waals surface area contributed by atoms with E-state index in [-0.39, 0.29) is 23.2 Å². The maximum absolute atomic E-state index is 12.8. The summed E-state index contributed by atoms with van der Waals surface area (Å²) in [6, 6.07) is 17.0. The van der Waals surface area contributed by atoms with Gasteiger partial charge in [-0.05, 0) is 28.5 Å². The van der Waals surface area contributed by atoms with Crippen LogP contribution in [0.2, 0.25) is 4.34 Å². The molecule has 0 bridgehead atoms. The number of hydrogen-bond donors (Lipinski definition) is 1. The highest BCUT2D eigenvalue weighted by molar-refractivity contribution is 7.91. The van der Waals surface area contributed by atoms with Crippen LogP contribution in [0.5, 0.6) is 0 Å². The standard InChI is InChI=1S/C23H22ClN3O5S2/c24-19-8-9-21(33-19)34(29,30)27-12-10-23(11-13-27)14-20(26-32-23)31-22(28)25-15-17-6-3-5-16-4-1-2-7-18(16)17/h1-9H,10-15H2,(H,25,28). The lowest BCUT2D eigenvalue weighted by Crippen LogP contribution is -2.46. The van der Waals surface area contributed by atoms with Gasteiger partial charge < -0.3 is 14.9 Å². The van der Waals surface area contributed by atoms with E-state index in [1.165, 1.54) is 10.4 Å². The maximum Gasteiger partial charge on any atom is 0.414 e. The van der Waals surface area contributed by atoms with Crippen LogP contribution in [-0.4, -0.2) is 43.4 Å². The summed E-state index contributed by atoms with van der Waals surface area (Å²) in [5.74, 6) is 0.191. The van der Waals surface area contributed by atoms with Gasteiger partial charge in [-0.25, -0.2) is 13.2 Å². The molecule has 0 atom stereocenters. The van der Waals surface area contributed by atoms with Crippen LogP contribution in [0, 0.1) is 0 Å². The molecule has 1 saturated heterocycles. The first kappa shape index (κ1) is 23.1. The summed E-state index contributed by atoms with van der Waals surface area (Å²) in [7, 11) is -3.59. The van der Waals surface area contributed by atoms with Gasteiger partial charge in [0, 0.05) is 32.5 Å². The van der Waals surface area contributed by atoms with Gasteiger partial charge in [-0.3, -0.25) is 0 Å². The van der Waals surface area contributed by atoms with Gasteiger partial charge in [0.2, 0.25) is 5.90 Å². The Hall–Kier alpha value is -2.66. The first-order valence-corrected chi connectivity index (χ1v) is 13.4. The Balaban J connectivity index is 1.14. The third kappa shape index (κ3) is 4.63. The number of nitrogens with one attached hydrogen (secondary N) is 1. The van der Waals surface area contributed by atoms with Crippen LogP contribution in [0.1, 0.15) is 24.8 Å². The summed E-state index contributed by atoms with van der Waals surface area (Å²) in [6.45, 7) is 0.890. The Bertz CT molecular complexity index is 1360. The van der Waals surface area contributed by atoms with Gasteiger partial charge in [0.25, 0.3) is 10.0 Å². The highest BCUT2D eigenvalue weighted by atomic mass is 35.5. The Labute approximate surface area is 206 Å². The van der Waals surface area contributed by atoms with Gasteiger partial charge >= 0.3 is 6.09 Å². The third-order valence-corrected chi connectivity index (χ3v) is 9.70. The summed E-state index contributed by atoms with van der Waals surface area (Å²) < 4.78 is 33.1. The van der Waals surface area contributed by atoms with Crippen LogP contribution in [0.4, 0.5) is 4.79 Å². The number of piperidine rings is 1. The van der Waals surface area contributed by atoms with E-state index in [9.17, 15) is 13.2 Å². The fourth-order valence-electron chi connectivity index (χ4n) is 4.27. The number of ether oxygens (including phenoxy) is 1. The molecule has 8 nitrogen and oxygen atoms in total. The van der Waals surface area contributed by atoms with E-state index in [0.29, 0.717) is 30.1 Å². The van der Waals surface area contributed by atoms with Crippen LogP contribution in [0.15, 0.2) is 64.0 Å². The summed E-state index contributed by atoms with van der Waals surface area (Å²) in [5, 5.41) is 8.88. The normalized spacial score (nSPS) is 18.0. The number of halogens is 1. The predicted octanol–water partition coefficient (Wildman–Crippen LogP) is 4.74. The number of carbonyl (C=O) groups excluding carboxylic acids is 1. The second-order valence-electron chi connectivity index (χ2n) is 8.28. The molecular formula is C23H22ClN3O5S2. The quantitative estimate of drug-likeness (QED) is 0.537. The Morgan fingerprint density at radius 1 is 1.15 bits per heavy atom. The van der Waals surface area contributed by atoms with E-state index < -0.39 is 21.7 Å². The summed E-state index contributed by atoms with van der Waals surface area (Å²) >= 11 is 6.94. The molecule has 2 aliphatic rings. The molecule has 34 heavy (non-hydrogen) atoms. The van der Waals surface area contributed by atoms with Crippen LogP contribution in [0.3, 0.4) is 0 Å². The van der Waals surface area contributed by atoms with E-state index in [4.69, 9.17) is 21.2 Å². The molecule has 1 N–H and O–H groups in total. The summed E-state index contributed by atoms with van der Waals surface area (Å²) in [5.41, 5.74) is 0.321. The highest BCUT2D eigenvalue weighted by Gasteiger charge is 2.45. The molecule has 3 aromatic rings. The van der Waals surface area contributed by atoms with Crippen molar-refractivity contribution < 1.29 is 22.8 Å². The average Bonchev–Trinajstić information content (AvgIpc) is 3.44. The second kappa shape index (κ2) is 9.18. The number of sulfonamides is 1. The molecule has 3 heterocycles. The van der Waals surface area contributed by atoms with Gasteiger partial charge in [-0.2, -0.15) is 4.31 Å². The van der Waals surface area contributed by atoms with Gasteiger partial charge in [-0.15, -0.1) is 11.3 Å².